The Labute approximate surface area is 212 Å². The molecule has 1 unspecified atom stereocenters. The van der Waals surface area contributed by atoms with Crippen molar-refractivity contribution in [2.45, 2.75) is 38.0 Å². The van der Waals surface area contributed by atoms with Crippen LogP contribution in [-0.2, 0) is 6.18 Å². The number of rotatable bonds is 7. The second kappa shape index (κ2) is 10.5. The maximum atomic E-state index is 13.8. The van der Waals surface area contributed by atoms with Gasteiger partial charge in [-0.3, -0.25) is 5.01 Å². The Morgan fingerprint density at radius 3 is 2.11 bits per heavy atom. The number of anilines is 1. The molecular formula is C19H16Cl2F9N5S. The fourth-order valence-electron chi connectivity index (χ4n) is 3.33. The van der Waals surface area contributed by atoms with Gasteiger partial charge < -0.3 is 5.32 Å². The van der Waals surface area contributed by atoms with Crippen molar-refractivity contribution in [2.75, 3.05) is 23.1 Å². The zero-order valence-electron chi connectivity index (χ0n) is 18.0. The van der Waals surface area contributed by atoms with Crippen LogP contribution in [0.2, 0.25) is 10.0 Å². The third-order valence-corrected chi connectivity index (χ3v) is 6.34. The number of hydrogen-bond acceptors (Lipinski definition) is 6. The number of aliphatic imine (C=N–C) groups is 2. The number of hydrazine groups is 1. The van der Waals surface area contributed by atoms with Crippen molar-refractivity contribution >= 4 is 52.2 Å². The van der Waals surface area contributed by atoms with Gasteiger partial charge in [-0.2, -0.15) is 56.7 Å². The van der Waals surface area contributed by atoms with Gasteiger partial charge in [0.25, 0.3) is 0 Å². The van der Waals surface area contributed by atoms with Crippen LogP contribution in [0.1, 0.15) is 18.9 Å². The summed E-state index contributed by atoms with van der Waals surface area (Å²) in [4.78, 5) is 5.99. The van der Waals surface area contributed by atoms with Gasteiger partial charge in [0.05, 0.1) is 26.9 Å². The molecule has 0 fully saturated rings. The Morgan fingerprint density at radius 1 is 1.00 bits per heavy atom. The number of hydrogen-bond donors (Lipinski definition) is 2. The number of benzene rings is 1. The molecule has 0 aliphatic carbocycles. The number of nitrogens with zero attached hydrogens (tertiary/aromatic N) is 3. The van der Waals surface area contributed by atoms with Crippen molar-refractivity contribution in [3.8, 4) is 0 Å². The molecule has 17 heteroatoms. The number of amidine groups is 1. The molecule has 0 bridgehead atoms. The molecule has 1 aromatic rings. The lowest BCUT2D eigenvalue weighted by atomic mass is 10.1. The fraction of sp³-hybridized carbons (Fsp3) is 0.474. The lowest BCUT2D eigenvalue weighted by molar-refractivity contribution is -0.137. The Kier molecular flexibility index (Phi) is 8.38. The molecule has 0 saturated carbocycles. The van der Waals surface area contributed by atoms with E-state index in [4.69, 9.17) is 23.2 Å². The average molecular weight is 588 g/mol. The summed E-state index contributed by atoms with van der Waals surface area (Å²) >= 11 is 13.6. The summed E-state index contributed by atoms with van der Waals surface area (Å²) in [5.41, 5.74) is -1.97. The van der Waals surface area contributed by atoms with E-state index in [-0.39, 0.29) is 6.54 Å². The highest BCUT2D eigenvalue weighted by Crippen LogP contribution is 2.44. The number of halogens is 11. The number of fused-ring (bicyclic) bond motifs is 1. The molecule has 2 aliphatic heterocycles. The van der Waals surface area contributed by atoms with Gasteiger partial charge in [-0.25, -0.2) is 9.98 Å². The second-order valence-corrected chi connectivity index (χ2v) is 9.51. The van der Waals surface area contributed by atoms with Gasteiger partial charge in [0.2, 0.25) is 5.84 Å². The first-order valence-electron chi connectivity index (χ1n) is 10.0. The quantitative estimate of drug-likeness (QED) is 0.279. The van der Waals surface area contributed by atoms with Crippen LogP contribution in [0.3, 0.4) is 0 Å². The molecule has 0 radical (unpaired) electrons. The highest BCUT2D eigenvalue weighted by atomic mass is 35.5. The minimum Gasteiger partial charge on any atom is -0.370 e. The van der Waals surface area contributed by atoms with Crippen molar-refractivity contribution < 1.29 is 39.5 Å². The first-order valence-corrected chi connectivity index (χ1v) is 12.0. The minimum atomic E-state index is -5.32. The molecule has 0 saturated heterocycles. The molecule has 200 valence electrons. The van der Waals surface area contributed by atoms with Gasteiger partial charge in [-0.15, -0.1) is 0 Å². The molecule has 5 nitrogen and oxygen atoms in total. The van der Waals surface area contributed by atoms with Crippen LogP contribution < -0.4 is 15.8 Å². The van der Waals surface area contributed by atoms with Crippen LogP contribution in [0.25, 0.3) is 0 Å². The zero-order chi connectivity index (χ0) is 27.1. The summed E-state index contributed by atoms with van der Waals surface area (Å²) in [5, 5.41) is 2.23. The summed E-state index contributed by atoms with van der Waals surface area (Å²) < 4.78 is 121. The molecule has 0 spiro atoms. The SMILES string of the molecule is CCSCCCNC1=C2C(C(F)(F)F)=NC(C(F)(F)F)=NC2NN1c1c(Cl)cc(C(F)(F)F)cc1Cl. The van der Waals surface area contributed by atoms with E-state index >= 15 is 0 Å². The summed E-state index contributed by atoms with van der Waals surface area (Å²) in [6.45, 7) is 1.96. The van der Waals surface area contributed by atoms with Crippen molar-refractivity contribution in [3.05, 3.63) is 39.1 Å². The van der Waals surface area contributed by atoms with Gasteiger partial charge in [-0.1, -0.05) is 30.1 Å². The predicted molar refractivity (Wildman–Crippen MR) is 120 cm³/mol. The van der Waals surface area contributed by atoms with Crippen LogP contribution in [0.5, 0.6) is 0 Å². The van der Waals surface area contributed by atoms with Crippen LogP contribution in [0.4, 0.5) is 45.2 Å². The van der Waals surface area contributed by atoms with Crippen molar-refractivity contribution in [3.63, 3.8) is 0 Å². The smallest absolute Gasteiger partial charge is 0.370 e. The fourth-order valence-corrected chi connectivity index (χ4v) is 4.62. The van der Waals surface area contributed by atoms with Gasteiger partial charge in [-0.05, 0) is 30.1 Å². The Bertz CT molecular complexity index is 1070. The lowest BCUT2D eigenvalue weighted by Crippen LogP contribution is -2.43. The molecule has 3 rings (SSSR count). The summed E-state index contributed by atoms with van der Waals surface area (Å²) in [7, 11) is 0. The molecule has 36 heavy (non-hydrogen) atoms. The molecule has 0 aromatic heterocycles. The maximum Gasteiger partial charge on any atom is 0.451 e. The third-order valence-electron chi connectivity index (χ3n) is 4.78. The molecule has 1 aromatic carbocycles. The van der Waals surface area contributed by atoms with E-state index in [0.717, 1.165) is 10.8 Å². The number of nitrogens with one attached hydrogen (secondary N) is 2. The number of thioether (sulfide) groups is 1. The van der Waals surface area contributed by atoms with Gasteiger partial charge >= 0.3 is 18.5 Å². The second-order valence-electron chi connectivity index (χ2n) is 7.30. The minimum absolute atomic E-state index is 0.0631. The maximum absolute atomic E-state index is 13.8. The van der Waals surface area contributed by atoms with Crippen LogP contribution >= 0.6 is 35.0 Å². The number of alkyl halides is 9. The molecule has 0 amide bonds. The van der Waals surface area contributed by atoms with E-state index < -0.39 is 68.9 Å². The van der Waals surface area contributed by atoms with E-state index in [9.17, 15) is 39.5 Å². The van der Waals surface area contributed by atoms with Crippen LogP contribution in [0, 0.1) is 0 Å². The Hall–Kier alpha value is -1.84. The van der Waals surface area contributed by atoms with Gasteiger partial charge in [0.1, 0.15) is 12.0 Å². The van der Waals surface area contributed by atoms with Crippen LogP contribution in [-0.4, -0.2) is 48.1 Å². The van der Waals surface area contributed by atoms with Crippen molar-refractivity contribution in [1.82, 2.24) is 10.7 Å². The highest BCUT2D eigenvalue weighted by Gasteiger charge is 2.52. The molecule has 2 heterocycles. The summed E-state index contributed by atoms with van der Waals surface area (Å²) in [5.74, 6) is -1.07. The normalized spacial score (nSPS) is 18.9. The average Bonchev–Trinajstić information content (AvgIpc) is 3.08. The monoisotopic (exact) mass is 587 g/mol. The molecule has 1 atom stereocenters. The molecular weight excluding hydrogens is 572 g/mol. The van der Waals surface area contributed by atoms with Crippen molar-refractivity contribution in [2.24, 2.45) is 9.98 Å². The van der Waals surface area contributed by atoms with E-state index in [2.05, 4.69) is 20.7 Å². The summed E-state index contributed by atoms with van der Waals surface area (Å²) in [6.07, 6.45) is -16.9. The predicted octanol–water partition coefficient (Wildman–Crippen LogP) is 6.59. The first-order chi connectivity index (χ1) is 16.6. The highest BCUT2D eigenvalue weighted by molar-refractivity contribution is 7.99. The Morgan fingerprint density at radius 2 is 1.61 bits per heavy atom. The van der Waals surface area contributed by atoms with Crippen LogP contribution in [0.15, 0.2) is 33.5 Å². The van der Waals surface area contributed by atoms with Gasteiger partial charge in [0, 0.05) is 6.54 Å². The largest absolute Gasteiger partial charge is 0.451 e. The zero-order valence-corrected chi connectivity index (χ0v) is 20.3. The lowest BCUT2D eigenvalue weighted by Gasteiger charge is -2.26. The van der Waals surface area contributed by atoms with E-state index in [1.165, 1.54) is 0 Å². The van der Waals surface area contributed by atoms with Crippen molar-refractivity contribution in [1.29, 1.82) is 0 Å². The van der Waals surface area contributed by atoms with Gasteiger partial charge in [0.15, 0.2) is 5.71 Å². The Balaban J connectivity index is 2.15. The molecule has 2 aliphatic rings. The van der Waals surface area contributed by atoms with E-state index in [1.54, 1.807) is 11.8 Å². The standard InChI is InChI=1S/C19H16Cl2F9N5S/c1-2-36-5-3-4-31-15-11-13(18(25,26)27)32-16(19(28,29)30)33-14(11)34-35(15)12-9(20)6-8(7-10(12)21)17(22,23)24/h6-7,14,31,34H,2-5H2,1H3. The first kappa shape index (κ1) is 28.7. The van der Waals surface area contributed by atoms with E-state index in [1.807, 2.05) is 6.92 Å². The summed E-state index contributed by atoms with van der Waals surface area (Å²) in [6, 6.07) is 0.992. The third kappa shape index (κ3) is 6.17. The molecule has 2 N–H and O–H groups in total. The van der Waals surface area contributed by atoms with E-state index in [0.29, 0.717) is 24.3 Å². The topological polar surface area (TPSA) is 52.0 Å².